The maximum atomic E-state index is 12.2. The number of hydrogen-bond donors (Lipinski definition) is 1. The third-order valence-electron chi connectivity index (χ3n) is 6.07. The van der Waals surface area contributed by atoms with Crippen molar-refractivity contribution in [1.82, 2.24) is 5.32 Å². The lowest BCUT2D eigenvalue weighted by Gasteiger charge is -2.14. The lowest BCUT2D eigenvalue weighted by Crippen LogP contribution is -2.29. The maximum absolute atomic E-state index is 12.2. The van der Waals surface area contributed by atoms with Gasteiger partial charge in [0.05, 0.1) is 0 Å². The molecule has 4 rings (SSSR count). The molecule has 0 aliphatic heterocycles. The molecule has 0 fully saturated rings. The normalized spacial score (nSPS) is 17.5. The summed E-state index contributed by atoms with van der Waals surface area (Å²) in [5.41, 5.74) is 5.96. The molecule has 32 heavy (non-hydrogen) atoms. The summed E-state index contributed by atoms with van der Waals surface area (Å²) in [6, 6.07) is 24.6. The summed E-state index contributed by atoms with van der Waals surface area (Å²) < 4.78 is 6.06. The van der Waals surface area contributed by atoms with Crippen LogP contribution in [0.5, 0.6) is 5.75 Å². The van der Waals surface area contributed by atoms with Crippen LogP contribution in [-0.2, 0) is 16.2 Å². The summed E-state index contributed by atoms with van der Waals surface area (Å²) in [4.78, 5) is 17.1. The highest BCUT2D eigenvalue weighted by Gasteiger charge is 2.28. The van der Waals surface area contributed by atoms with Crippen molar-refractivity contribution >= 4 is 11.6 Å². The predicted octanol–water partition coefficient (Wildman–Crippen LogP) is 5.00. The fourth-order valence-corrected chi connectivity index (χ4v) is 4.46. The van der Waals surface area contributed by atoms with Gasteiger partial charge >= 0.3 is 0 Å². The molecule has 1 aliphatic carbocycles. The van der Waals surface area contributed by atoms with Crippen LogP contribution in [0.25, 0.3) is 0 Å². The molecule has 0 aromatic heterocycles. The first-order chi connectivity index (χ1) is 15.6. The Kier molecular flexibility index (Phi) is 6.55. The number of carbonyl (C=O) groups excluding carboxylic acids is 1. The third-order valence-corrected chi connectivity index (χ3v) is 6.07. The summed E-state index contributed by atoms with van der Waals surface area (Å²) >= 11 is 0. The number of amides is 1. The third kappa shape index (κ3) is 4.37. The molecule has 1 amide bonds. The Morgan fingerprint density at radius 2 is 1.69 bits per heavy atom. The molecule has 3 aromatic carbocycles. The molecule has 5 heteroatoms. The number of nitrogens with zero attached hydrogens (tertiary/aromatic N) is 1. The molecule has 0 heterocycles. The average Bonchev–Trinajstić information content (AvgIpc) is 3.18. The first-order valence-electron chi connectivity index (χ1n) is 10.9. The summed E-state index contributed by atoms with van der Waals surface area (Å²) in [5, 5.41) is 6.51. The Hall–Kier alpha value is -3.60. The second-order valence-electron chi connectivity index (χ2n) is 8.03. The first-order valence-corrected chi connectivity index (χ1v) is 10.9. The van der Waals surface area contributed by atoms with Crippen LogP contribution in [0.2, 0.25) is 0 Å². The van der Waals surface area contributed by atoms with E-state index < -0.39 is 0 Å². The molecular weight excluding hydrogens is 400 g/mol. The fourth-order valence-electron chi connectivity index (χ4n) is 4.46. The first kappa shape index (κ1) is 21.6. The molecule has 1 N–H and O–H groups in total. The van der Waals surface area contributed by atoms with Gasteiger partial charge in [0, 0.05) is 18.5 Å². The Morgan fingerprint density at radius 1 is 1.00 bits per heavy atom. The minimum absolute atomic E-state index is 0.221. The number of oxime groups is 1. The van der Waals surface area contributed by atoms with E-state index in [1.165, 1.54) is 23.8 Å². The Balaban J connectivity index is 1.50. The quantitative estimate of drug-likeness (QED) is 0.425. The van der Waals surface area contributed by atoms with Gasteiger partial charge in [-0.2, -0.15) is 0 Å². The van der Waals surface area contributed by atoms with Gasteiger partial charge in [-0.3, -0.25) is 4.79 Å². The second kappa shape index (κ2) is 9.69. The van der Waals surface area contributed by atoms with Crippen molar-refractivity contribution in [1.29, 1.82) is 0 Å². The topological polar surface area (TPSA) is 59.9 Å². The van der Waals surface area contributed by atoms with Gasteiger partial charge in [-0.25, -0.2) is 0 Å². The molecule has 0 saturated heterocycles. The van der Waals surface area contributed by atoms with Gasteiger partial charge in [-0.15, -0.1) is 0 Å². The molecule has 2 atom stereocenters. The predicted molar refractivity (Wildman–Crippen MR) is 126 cm³/mol. The van der Waals surface area contributed by atoms with Crippen molar-refractivity contribution in [2.45, 2.75) is 31.8 Å². The number of carbonyl (C=O) groups is 1. The van der Waals surface area contributed by atoms with Crippen LogP contribution in [0, 0.1) is 0 Å². The van der Waals surface area contributed by atoms with Crippen LogP contribution in [0.1, 0.15) is 53.0 Å². The zero-order chi connectivity index (χ0) is 22.5. The van der Waals surface area contributed by atoms with Crippen LogP contribution < -0.4 is 10.1 Å². The van der Waals surface area contributed by atoms with Gasteiger partial charge in [0.25, 0.3) is 5.91 Å². The van der Waals surface area contributed by atoms with E-state index in [0.29, 0.717) is 24.0 Å². The van der Waals surface area contributed by atoms with E-state index in [9.17, 15) is 4.79 Å². The number of hydrogen-bond acceptors (Lipinski definition) is 4. The maximum Gasteiger partial charge on any atom is 0.273 e. The van der Waals surface area contributed by atoms with Crippen molar-refractivity contribution in [3.05, 3.63) is 101 Å². The summed E-state index contributed by atoms with van der Waals surface area (Å²) in [7, 11) is 2.99. The fraction of sp³-hybridized carbons (Fsp3) is 0.259. The molecule has 2 unspecified atom stereocenters. The molecule has 164 valence electrons. The smallest absolute Gasteiger partial charge is 0.273 e. The van der Waals surface area contributed by atoms with E-state index in [2.05, 4.69) is 53.8 Å². The molecule has 1 aliphatic rings. The zero-order valence-electron chi connectivity index (χ0n) is 18.7. The van der Waals surface area contributed by atoms with E-state index in [4.69, 9.17) is 9.57 Å². The summed E-state index contributed by atoms with van der Waals surface area (Å²) in [6.45, 7) is 2.62. The molecule has 5 nitrogen and oxygen atoms in total. The zero-order valence-corrected chi connectivity index (χ0v) is 18.7. The molecular formula is C27H28N2O3. The van der Waals surface area contributed by atoms with Gasteiger partial charge in [-0.05, 0) is 46.7 Å². The van der Waals surface area contributed by atoms with Gasteiger partial charge in [-0.1, -0.05) is 72.7 Å². The highest BCUT2D eigenvalue weighted by atomic mass is 16.6. The number of ether oxygens (including phenoxy) is 1. The van der Waals surface area contributed by atoms with Crippen molar-refractivity contribution in [3.8, 4) is 5.75 Å². The Bertz CT molecular complexity index is 1120. The molecule has 0 spiro atoms. The number of benzene rings is 3. The number of rotatable bonds is 7. The standard InChI is InChI=1S/C27H28N2O3/c1-18-16-25(24-11-7-6-9-22(18)24)19-12-14-21(15-13-19)32-17-20-8-4-5-10-23(20)26(29-31-3)27(30)28-2/h4-15,18,25H,16-17H2,1-3H3,(H,28,30)/b29-26-. The second-order valence-corrected chi connectivity index (χ2v) is 8.03. The van der Waals surface area contributed by atoms with Crippen LogP contribution in [0.4, 0.5) is 0 Å². The van der Waals surface area contributed by atoms with Crippen molar-refractivity contribution in [2.24, 2.45) is 5.16 Å². The largest absolute Gasteiger partial charge is 0.489 e. The van der Waals surface area contributed by atoms with Crippen LogP contribution in [0.15, 0.2) is 78.0 Å². The molecule has 0 radical (unpaired) electrons. The molecule has 0 bridgehead atoms. The van der Waals surface area contributed by atoms with Gasteiger partial charge < -0.3 is 14.9 Å². The summed E-state index contributed by atoms with van der Waals surface area (Å²) in [5.74, 6) is 1.48. The van der Waals surface area contributed by atoms with E-state index in [-0.39, 0.29) is 11.6 Å². The van der Waals surface area contributed by atoms with Crippen molar-refractivity contribution in [2.75, 3.05) is 14.2 Å². The van der Waals surface area contributed by atoms with Crippen LogP contribution in [0.3, 0.4) is 0 Å². The number of nitrogens with one attached hydrogen (secondary N) is 1. The minimum atomic E-state index is -0.310. The van der Waals surface area contributed by atoms with E-state index in [1.54, 1.807) is 7.05 Å². The average molecular weight is 429 g/mol. The van der Waals surface area contributed by atoms with E-state index in [1.807, 2.05) is 36.4 Å². The summed E-state index contributed by atoms with van der Waals surface area (Å²) in [6.07, 6.45) is 1.13. The molecule has 3 aromatic rings. The lowest BCUT2D eigenvalue weighted by molar-refractivity contribution is -0.114. The van der Waals surface area contributed by atoms with Gasteiger partial charge in [0.2, 0.25) is 0 Å². The molecule has 0 saturated carbocycles. The van der Waals surface area contributed by atoms with E-state index in [0.717, 1.165) is 17.7 Å². The highest BCUT2D eigenvalue weighted by molar-refractivity contribution is 6.45. The Labute approximate surface area is 189 Å². The number of fused-ring (bicyclic) bond motifs is 1. The van der Waals surface area contributed by atoms with E-state index >= 15 is 0 Å². The van der Waals surface area contributed by atoms with Crippen LogP contribution >= 0.6 is 0 Å². The SMILES string of the molecule is CNC(=O)/C(=N\OC)c1ccccc1COc1ccc(C2CC(C)c3ccccc32)cc1. The van der Waals surface area contributed by atoms with Crippen molar-refractivity contribution in [3.63, 3.8) is 0 Å². The minimum Gasteiger partial charge on any atom is -0.489 e. The highest BCUT2D eigenvalue weighted by Crippen LogP contribution is 2.44. The van der Waals surface area contributed by atoms with Crippen molar-refractivity contribution < 1.29 is 14.4 Å². The lowest BCUT2D eigenvalue weighted by atomic mass is 9.93. The monoisotopic (exact) mass is 428 g/mol. The number of likely N-dealkylation sites (N-methyl/N-ethyl adjacent to an activating group) is 1. The van der Waals surface area contributed by atoms with Gasteiger partial charge in [0.1, 0.15) is 19.5 Å². The Morgan fingerprint density at radius 3 is 2.41 bits per heavy atom. The van der Waals surface area contributed by atoms with Gasteiger partial charge in [0.15, 0.2) is 5.71 Å². The van der Waals surface area contributed by atoms with Crippen LogP contribution in [-0.4, -0.2) is 25.8 Å².